The lowest BCUT2D eigenvalue weighted by Crippen LogP contribution is -2.54. The Hall–Kier alpha value is -4.24. The van der Waals surface area contributed by atoms with Crippen molar-refractivity contribution in [2.75, 3.05) is 43.0 Å². The van der Waals surface area contributed by atoms with Crippen LogP contribution < -0.4 is 15.0 Å². The molecule has 1 aromatic carbocycles. The Bertz CT molecular complexity index is 1240. The highest BCUT2D eigenvalue weighted by Gasteiger charge is 2.44. The molecule has 186 valence electrons. The average molecular weight is 492 g/mol. The van der Waals surface area contributed by atoms with Crippen molar-refractivity contribution >= 4 is 30.1 Å². The maximum Gasteiger partial charge on any atom is 0.416 e. The van der Waals surface area contributed by atoms with Gasteiger partial charge in [0, 0.05) is 25.6 Å². The standard InChI is InChI=1S/C23H22N6O4.CH2O2/c24-6-15-3-1-2-14-4-13(5-17(14)15)8-28-9-16(10-28)18-11-29(23(31)33-18)19-7-25-22-21(26-19)27-20(30)12-32-22;2-1-3/h1-3,7,13,16,18H,4-5,8-12H2,(H,26,27,30);1H,(H,2,3). The third-order valence-electron chi connectivity index (χ3n) is 6.86. The minimum atomic E-state index is -0.453. The molecule has 2 atom stereocenters. The molecule has 4 aliphatic rings. The molecule has 4 heterocycles. The Labute approximate surface area is 206 Å². The molecule has 6 rings (SSSR count). The first-order valence-corrected chi connectivity index (χ1v) is 11.6. The van der Waals surface area contributed by atoms with Crippen molar-refractivity contribution in [2.45, 2.75) is 18.9 Å². The van der Waals surface area contributed by atoms with E-state index >= 15 is 0 Å². The summed E-state index contributed by atoms with van der Waals surface area (Å²) in [7, 11) is 0. The van der Waals surface area contributed by atoms with Crippen molar-refractivity contribution in [1.82, 2.24) is 14.9 Å². The highest BCUT2D eigenvalue weighted by atomic mass is 16.6. The zero-order valence-electron chi connectivity index (χ0n) is 19.3. The van der Waals surface area contributed by atoms with E-state index in [0.717, 1.165) is 38.0 Å². The van der Waals surface area contributed by atoms with Gasteiger partial charge >= 0.3 is 6.09 Å². The van der Waals surface area contributed by atoms with Crippen molar-refractivity contribution in [1.29, 1.82) is 5.26 Å². The Morgan fingerprint density at radius 3 is 2.83 bits per heavy atom. The van der Waals surface area contributed by atoms with Gasteiger partial charge in [0.25, 0.3) is 18.3 Å². The van der Waals surface area contributed by atoms with Crippen LogP contribution in [0.3, 0.4) is 0 Å². The Morgan fingerprint density at radius 2 is 2.06 bits per heavy atom. The van der Waals surface area contributed by atoms with Crippen molar-refractivity contribution in [3.8, 4) is 11.9 Å². The zero-order chi connectivity index (χ0) is 25.2. The molecular formula is C24H24N6O6. The number of carboxylic acid groups (broad SMARTS) is 1. The summed E-state index contributed by atoms with van der Waals surface area (Å²) in [6.45, 7) is 2.79. The minimum Gasteiger partial charge on any atom is -0.483 e. The van der Waals surface area contributed by atoms with E-state index < -0.39 is 6.09 Å². The van der Waals surface area contributed by atoms with Crippen LogP contribution in [-0.2, 0) is 27.2 Å². The van der Waals surface area contributed by atoms with Crippen molar-refractivity contribution in [3.63, 3.8) is 0 Å². The molecule has 2 unspecified atom stereocenters. The van der Waals surface area contributed by atoms with Gasteiger partial charge in [0.05, 0.1) is 24.4 Å². The van der Waals surface area contributed by atoms with Crippen LogP contribution in [-0.4, -0.2) is 77.3 Å². The van der Waals surface area contributed by atoms with Crippen LogP contribution in [0.15, 0.2) is 24.4 Å². The van der Waals surface area contributed by atoms with Gasteiger partial charge in [-0.05, 0) is 36.0 Å². The molecule has 2 aromatic rings. The molecule has 2 amide bonds. The Kier molecular flexibility index (Phi) is 6.39. The van der Waals surface area contributed by atoms with E-state index in [1.807, 2.05) is 12.1 Å². The fraction of sp³-hybridized carbons (Fsp3) is 0.417. The number of carbonyl (C=O) groups excluding carboxylic acids is 2. The smallest absolute Gasteiger partial charge is 0.416 e. The van der Waals surface area contributed by atoms with Gasteiger partial charge in [-0.25, -0.2) is 14.8 Å². The van der Waals surface area contributed by atoms with Crippen LogP contribution in [0.4, 0.5) is 16.4 Å². The summed E-state index contributed by atoms with van der Waals surface area (Å²) in [6, 6.07) is 8.30. The van der Waals surface area contributed by atoms with Crippen LogP contribution in [0.5, 0.6) is 5.88 Å². The van der Waals surface area contributed by atoms with Gasteiger partial charge in [-0.15, -0.1) is 0 Å². The number of hydrogen-bond donors (Lipinski definition) is 2. The minimum absolute atomic E-state index is 0.0977. The summed E-state index contributed by atoms with van der Waals surface area (Å²) in [4.78, 5) is 44.7. The predicted octanol–water partition coefficient (Wildman–Crippen LogP) is 1.05. The summed E-state index contributed by atoms with van der Waals surface area (Å²) in [5.41, 5.74) is 3.30. The van der Waals surface area contributed by atoms with Crippen LogP contribution in [0.2, 0.25) is 0 Å². The second-order valence-corrected chi connectivity index (χ2v) is 9.16. The number of anilines is 2. The number of aromatic nitrogens is 2. The third kappa shape index (κ3) is 4.52. The van der Waals surface area contributed by atoms with E-state index in [1.54, 1.807) is 0 Å². The summed E-state index contributed by atoms with van der Waals surface area (Å²) in [6.07, 6.45) is 2.76. The number of amides is 2. The first-order chi connectivity index (χ1) is 17.5. The average Bonchev–Trinajstić information content (AvgIpc) is 3.43. The first kappa shape index (κ1) is 23.5. The zero-order valence-corrected chi connectivity index (χ0v) is 19.3. The van der Waals surface area contributed by atoms with E-state index in [4.69, 9.17) is 19.4 Å². The molecule has 2 saturated heterocycles. The number of cyclic esters (lactones) is 1. The van der Waals surface area contributed by atoms with E-state index in [2.05, 4.69) is 32.3 Å². The SMILES string of the molecule is N#Cc1cccc2c1CC(CN1CC(C3CN(c4cnc5c(n4)NC(=O)CO5)C(=O)O3)C1)C2.O=CO. The van der Waals surface area contributed by atoms with Gasteiger partial charge < -0.3 is 24.8 Å². The fourth-order valence-corrected chi connectivity index (χ4v) is 5.24. The van der Waals surface area contributed by atoms with Gasteiger partial charge in [-0.1, -0.05) is 12.1 Å². The Balaban J connectivity index is 0.000000848. The molecule has 0 spiro atoms. The van der Waals surface area contributed by atoms with Crippen LogP contribution in [0.25, 0.3) is 0 Å². The summed E-state index contributed by atoms with van der Waals surface area (Å²) < 4.78 is 10.9. The number of fused-ring (bicyclic) bond motifs is 2. The first-order valence-electron chi connectivity index (χ1n) is 11.6. The molecule has 12 heteroatoms. The summed E-state index contributed by atoms with van der Waals surface area (Å²) >= 11 is 0. The molecule has 1 aromatic heterocycles. The number of benzene rings is 1. The third-order valence-corrected chi connectivity index (χ3v) is 6.86. The van der Waals surface area contributed by atoms with E-state index in [1.165, 1.54) is 22.2 Å². The number of hydrogen-bond acceptors (Lipinski definition) is 9. The number of nitrogens with zero attached hydrogens (tertiary/aromatic N) is 5. The summed E-state index contributed by atoms with van der Waals surface area (Å²) in [5, 5.41) is 18.8. The van der Waals surface area contributed by atoms with Crippen LogP contribution in [0, 0.1) is 23.2 Å². The maximum absolute atomic E-state index is 12.5. The maximum atomic E-state index is 12.5. The second kappa shape index (κ2) is 9.79. The lowest BCUT2D eigenvalue weighted by Gasteiger charge is -2.42. The molecule has 2 fully saturated rings. The van der Waals surface area contributed by atoms with Gasteiger partial charge in [0.2, 0.25) is 0 Å². The molecular weight excluding hydrogens is 468 g/mol. The van der Waals surface area contributed by atoms with Crippen LogP contribution in [0.1, 0.15) is 16.7 Å². The van der Waals surface area contributed by atoms with Crippen molar-refractivity contribution in [3.05, 3.63) is 41.1 Å². The number of carbonyl (C=O) groups is 3. The van der Waals surface area contributed by atoms with Gasteiger partial charge in [-0.2, -0.15) is 5.26 Å². The molecule has 36 heavy (non-hydrogen) atoms. The van der Waals surface area contributed by atoms with Crippen molar-refractivity contribution in [2.24, 2.45) is 11.8 Å². The monoisotopic (exact) mass is 492 g/mol. The fourth-order valence-electron chi connectivity index (χ4n) is 5.24. The highest BCUT2D eigenvalue weighted by molar-refractivity contribution is 5.94. The molecule has 0 radical (unpaired) electrons. The highest BCUT2D eigenvalue weighted by Crippen LogP contribution is 2.34. The normalized spacial score (nSPS) is 22.6. The van der Waals surface area contributed by atoms with E-state index in [9.17, 15) is 14.9 Å². The molecule has 1 aliphatic carbocycles. The number of rotatable bonds is 4. The summed E-state index contributed by atoms with van der Waals surface area (Å²) in [5.74, 6) is 1.27. The van der Waals surface area contributed by atoms with Crippen molar-refractivity contribution < 1.29 is 29.0 Å². The van der Waals surface area contributed by atoms with Gasteiger partial charge in [0.15, 0.2) is 18.2 Å². The molecule has 0 bridgehead atoms. The topological polar surface area (TPSA) is 158 Å². The molecule has 12 nitrogen and oxygen atoms in total. The molecule has 3 aliphatic heterocycles. The Morgan fingerprint density at radius 1 is 1.25 bits per heavy atom. The number of likely N-dealkylation sites (tertiary alicyclic amines) is 1. The van der Waals surface area contributed by atoms with E-state index in [0.29, 0.717) is 18.3 Å². The lowest BCUT2D eigenvalue weighted by atomic mass is 9.91. The predicted molar refractivity (Wildman–Crippen MR) is 124 cm³/mol. The number of nitriles is 1. The quantitative estimate of drug-likeness (QED) is 0.591. The molecule has 0 saturated carbocycles. The number of ether oxygens (including phenoxy) is 2. The molecule has 2 N–H and O–H groups in total. The van der Waals surface area contributed by atoms with Crippen LogP contribution >= 0.6 is 0 Å². The second-order valence-electron chi connectivity index (χ2n) is 9.16. The van der Waals surface area contributed by atoms with E-state index in [-0.39, 0.29) is 42.7 Å². The largest absolute Gasteiger partial charge is 0.483 e. The number of nitrogens with one attached hydrogen (secondary N) is 1. The lowest BCUT2D eigenvalue weighted by molar-refractivity contribution is -0.123. The van der Waals surface area contributed by atoms with Gasteiger partial charge in [0.1, 0.15) is 6.10 Å². The van der Waals surface area contributed by atoms with Gasteiger partial charge in [-0.3, -0.25) is 14.5 Å².